The Labute approximate surface area is 134 Å². The summed E-state index contributed by atoms with van der Waals surface area (Å²) in [7, 11) is 0. The van der Waals surface area contributed by atoms with Crippen molar-refractivity contribution in [2.24, 2.45) is 0 Å². The molecule has 0 aliphatic heterocycles. The SMILES string of the molecule is CCSc1nnc(S[C@H](C)C(=O)Nc2ccccc2F)s1. The maximum Gasteiger partial charge on any atom is 0.237 e. The smallest absolute Gasteiger partial charge is 0.237 e. The zero-order chi connectivity index (χ0) is 15.2. The number of para-hydroxylation sites is 1. The predicted molar refractivity (Wildman–Crippen MR) is 86.7 cm³/mol. The van der Waals surface area contributed by atoms with Gasteiger partial charge in [0.25, 0.3) is 0 Å². The highest BCUT2D eigenvalue weighted by Crippen LogP contribution is 2.31. The summed E-state index contributed by atoms with van der Waals surface area (Å²) in [6.45, 7) is 3.80. The molecule has 1 atom stereocenters. The van der Waals surface area contributed by atoms with Crippen LogP contribution in [-0.4, -0.2) is 27.1 Å². The maximum atomic E-state index is 13.5. The second-order valence-electron chi connectivity index (χ2n) is 4.00. The molecule has 2 aromatic rings. The minimum absolute atomic E-state index is 0.189. The van der Waals surface area contributed by atoms with Crippen molar-refractivity contribution in [2.45, 2.75) is 27.8 Å². The van der Waals surface area contributed by atoms with E-state index in [-0.39, 0.29) is 16.8 Å². The highest BCUT2D eigenvalue weighted by Gasteiger charge is 2.18. The molecule has 2 rings (SSSR count). The molecule has 1 N–H and O–H groups in total. The molecule has 0 fully saturated rings. The average molecular weight is 343 g/mol. The fourth-order valence-corrected chi connectivity index (χ4v) is 4.49. The molecule has 1 aromatic heterocycles. The van der Waals surface area contributed by atoms with Gasteiger partial charge in [-0.25, -0.2) is 4.39 Å². The summed E-state index contributed by atoms with van der Waals surface area (Å²) in [5.41, 5.74) is 0.189. The lowest BCUT2D eigenvalue weighted by atomic mass is 10.3. The number of hydrogen-bond acceptors (Lipinski definition) is 6. The topological polar surface area (TPSA) is 54.9 Å². The summed E-state index contributed by atoms with van der Waals surface area (Å²) in [6.07, 6.45) is 0. The number of anilines is 1. The van der Waals surface area contributed by atoms with E-state index in [2.05, 4.69) is 15.5 Å². The molecule has 112 valence electrons. The van der Waals surface area contributed by atoms with Crippen LogP contribution in [0.2, 0.25) is 0 Å². The maximum absolute atomic E-state index is 13.5. The van der Waals surface area contributed by atoms with E-state index in [1.54, 1.807) is 30.8 Å². The van der Waals surface area contributed by atoms with Crippen LogP contribution in [0, 0.1) is 5.82 Å². The zero-order valence-electron chi connectivity index (χ0n) is 11.5. The van der Waals surface area contributed by atoms with Crippen molar-refractivity contribution in [3.63, 3.8) is 0 Å². The molecule has 0 bridgehead atoms. The van der Waals surface area contributed by atoms with E-state index in [0.717, 1.165) is 14.4 Å². The second kappa shape index (κ2) is 7.77. The van der Waals surface area contributed by atoms with Gasteiger partial charge < -0.3 is 5.32 Å². The molecule has 1 amide bonds. The molecule has 0 saturated carbocycles. The normalized spacial score (nSPS) is 12.1. The van der Waals surface area contributed by atoms with Crippen molar-refractivity contribution in [3.8, 4) is 0 Å². The van der Waals surface area contributed by atoms with Gasteiger partial charge in [-0.15, -0.1) is 10.2 Å². The summed E-state index contributed by atoms with van der Waals surface area (Å²) in [5.74, 6) is 0.230. The van der Waals surface area contributed by atoms with Crippen LogP contribution in [0.25, 0.3) is 0 Å². The first-order valence-corrected chi connectivity index (χ1v) is 8.96. The number of aromatic nitrogens is 2. The van der Waals surface area contributed by atoms with Crippen molar-refractivity contribution in [1.29, 1.82) is 0 Å². The van der Waals surface area contributed by atoms with E-state index in [0.29, 0.717) is 0 Å². The van der Waals surface area contributed by atoms with Crippen molar-refractivity contribution in [1.82, 2.24) is 10.2 Å². The number of halogens is 1. The number of benzene rings is 1. The molecule has 0 aliphatic rings. The number of carbonyl (C=O) groups is 1. The average Bonchev–Trinajstić information content (AvgIpc) is 2.89. The minimum Gasteiger partial charge on any atom is -0.323 e. The van der Waals surface area contributed by atoms with E-state index in [1.165, 1.54) is 35.2 Å². The lowest BCUT2D eigenvalue weighted by molar-refractivity contribution is -0.115. The largest absolute Gasteiger partial charge is 0.323 e. The Kier molecular flexibility index (Phi) is 6.01. The second-order valence-corrected chi connectivity index (χ2v) is 8.07. The molecule has 0 saturated heterocycles. The Bertz CT molecular complexity index is 620. The van der Waals surface area contributed by atoms with E-state index < -0.39 is 5.82 Å². The summed E-state index contributed by atoms with van der Waals surface area (Å²) in [4.78, 5) is 12.1. The first kappa shape index (κ1) is 16.3. The van der Waals surface area contributed by atoms with Crippen LogP contribution in [0.4, 0.5) is 10.1 Å². The van der Waals surface area contributed by atoms with Crippen molar-refractivity contribution < 1.29 is 9.18 Å². The molecular weight excluding hydrogens is 329 g/mol. The van der Waals surface area contributed by atoms with Crippen LogP contribution in [0.3, 0.4) is 0 Å². The van der Waals surface area contributed by atoms with Crippen molar-refractivity contribution >= 4 is 46.5 Å². The Morgan fingerprint density at radius 1 is 1.38 bits per heavy atom. The van der Waals surface area contributed by atoms with Crippen molar-refractivity contribution in [2.75, 3.05) is 11.1 Å². The molecular formula is C13H14FN3OS3. The van der Waals surface area contributed by atoms with Gasteiger partial charge >= 0.3 is 0 Å². The summed E-state index contributed by atoms with van der Waals surface area (Å²) in [5, 5.41) is 10.3. The molecule has 21 heavy (non-hydrogen) atoms. The van der Waals surface area contributed by atoms with E-state index in [1.807, 2.05) is 6.92 Å². The molecule has 0 radical (unpaired) electrons. The highest BCUT2D eigenvalue weighted by atomic mass is 32.2. The Morgan fingerprint density at radius 3 is 2.81 bits per heavy atom. The van der Waals surface area contributed by atoms with Gasteiger partial charge in [0.05, 0.1) is 10.9 Å². The molecule has 1 heterocycles. The lowest BCUT2D eigenvalue weighted by Crippen LogP contribution is -2.22. The van der Waals surface area contributed by atoms with E-state index >= 15 is 0 Å². The van der Waals surface area contributed by atoms with Gasteiger partial charge in [0.1, 0.15) is 5.82 Å². The molecule has 0 unspecified atom stereocenters. The summed E-state index contributed by atoms with van der Waals surface area (Å²) >= 11 is 4.40. The number of nitrogens with one attached hydrogen (secondary N) is 1. The van der Waals surface area contributed by atoms with Gasteiger partial charge in [-0.3, -0.25) is 4.79 Å². The van der Waals surface area contributed by atoms with Gasteiger partial charge in [-0.2, -0.15) is 0 Å². The monoisotopic (exact) mass is 343 g/mol. The highest BCUT2D eigenvalue weighted by molar-refractivity contribution is 8.03. The third-order valence-corrected chi connectivity index (χ3v) is 5.56. The third kappa shape index (κ3) is 4.69. The number of amides is 1. The van der Waals surface area contributed by atoms with Gasteiger partial charge in [0.2, 0.25) is 5.91 Å². The molecule has 1 aromatic carbocycles. The van der Waals surface area contributed by atoms with Gasteiger partial charge in [0.15, 0.2) is 8.68 Å². The van der Waals surface area contributed by atoms with Gasteiger partial charge in [-0.05, 0) is 24.8 Å². The van der Waals surface area contributed by atoms with Crippen LogP contribution >= 0.6 is 34.9 Å². The predicted octanol–water partition coefficient (Wildman–Crippen LogP) is 3.91. The van der Waals surface area contributed by atoms with Crippen LogP contribution in [-0.2, 0) is 4.79 Å². The summed E-state index contributed by atoms with van der Waals surface area (Å²) < 4.78 is 15.1. The number of hydrogen-bond donors (Lipinski definition) is 1. The minimum atomic E-state index is -0.444. The van der Waals surface area contributed by atoms with Gasteiger partial charge in [-0.1, -0.05) is 53.9 Å². The third-order valence-electron chi connectivity index (χ3n) is 2.43. The number of carbonyl (C=O) groups excluding carboxylic acids is 1. The van der Waals surface area contributed by atoms with Crippen molar-refractivity contribution in [3.05, 3.63) is 30.1 Å². The lowest BCUT2D eigenvalue weighted by Gasteiger charge is -2.10. The zero-order valence-corrected chi connectivity index (χ0v) is 13.9. The molecule has 4 nitrogen and oxygen atoms in total. The van der Waals surface area contributed by atoms with Crippen LogP contribution in [0.15, 0.2) is 32.9 Å². The fraction of sp³-hybridized carbons (Fsp3) is 0.308. The standard InChI is InChI=1S/C13H14FN3OS3/c1-3-19-12-16-17-13(21-12)20-8(2)11(18)15-10-7-5-4-6-9(10)14/h4-8H,3H2,1-2H3,(H,15,18)/t8-/m1/s1. The van der Waals surface area contributed by atoms with Crippen LogP contribution in [0.1, 0.15) is 13.8 Å². The molecule has 0 aliphatic carbocycles. The van der Waals surface area contributed by atoms with Gasteiger partial charge in [0, 0.05) is 0 Å². The molecule has 8 heteroatoms. The first-order valence-electron chi connectivity index (χ1n) is 6.28. The van der Waals surface area contributed by atoms with E-state index in [4.69, 9.17) is 0 Å². The van der Waals surface area contributed by atoms with Crippen LogP contribution in [0.5, 0.6) is 0 Å². The summed E-state index contributed by atoms with van der Waals surface area (Å²) in [6, 6.07) is 6.10. The number of rotatable bonds is 6. The quantitative estimate of drug-likeness (QED) is 0.806. The Morgan fingerprint density at radius 2 is 2.10 bits per heavy atom. The van der Waals surface area contributed by atoms with Crippen LogP contribution < -0.4 is 5.32 Å². The number of nitrogens with zero attached hydrogens (tertiary/aromatic N) is 2. The number of thioether (sulfide) groups is 2. The Balaban J connectivity index is 1.94. The fourth-order valence-electron chi connectivity index (χ4n) is 1.43. The first-order chi connectivity index (χ1) is 10.1. The van der Waals surface area contributed by atoms with E-state index in [9.17, 15) is 9.18 Å². The Hall–Kier alpha value is -1.12. The molecule has 0 spiro atoms.